The Kier molecular flexibility index (Phi) is 3.67. The van der Waals surface area contributed by atoms with Crippen LogP contribution in [0.3, 0.4) is 0 Å². The third-order valence-electron chi connectivity index (χ3n) is 1.77. The van der Waals surface area contributed by atoms with Crippen LogP contribution in [0.5, 0.6) is 0 Å². The van der Waals surface area contributed by atoms with E-state index < -0.39 is 0 Å². The summed E-state index contributed by atoms with van der Waals surface area (Å²) in [5.41, 5.74) is 0.870. The van der Waals surface area contributed by atoms with Gasteiger partial charge in [-0.05, 0) is 18.7 Å². The molecule has 13 heavy (non-hydrogen) atoms. The van der Waals surface area contributed by atoms with Crippen LogP contribution in [0.2, 0.25) is 0 Å². The summed E-state index contributed by atoms with van der Waals surface area (Å²) >= 11 is 0. The summed E-state index contributed by atoms with van der Waals surface area (Å²) in [5.74, 6) is 0. The molecule has 2 N–H and O–H groups in total. The van der Waals surface area contributed by atoms with Crippen LogP contribution in [0.4, 0.5) is 0 Å². The lowest BCUT2D eigenvalue weighted by Gasteiger charge is -2.14. The first-order chi connectivity index (χ1) is 6.22. The average molecular weight is 182 g/mol. The second-order valence-electron chi connectivity index (χ2n) is 3.02. The lowest BCUT2D eigenvalue weighted by Crippen LogP contribution is -2.22. The largest absolute Gasteiger partial charge is 0.395 e. The molecule has 1 heterocycles. The van der Waals surface area contributed by atoms with Gasteiger partial charge in [-0.3, -0.25) is 9.69 Å². The first kappa shape index (κ1) is 9.95. The Morgan fingerprint density at radius 3 is 3.00 bits per heavy atom. The molecule has 0 unspecified atom stereocenters. The zero-order valence-corrected chi connectivity index (χ0v) is 7.66. The lowest BCUT2D eigenvalue weighted by molar-refractivity contribution is 0.217. The Balaban J connectivity index is 2.58. The highest BCUT2D eigenvalue weighted by Crippen LogP contribution is 1.97. The molecular formula is C9H14N2O2. The van der Waals surface area contributed by atoms with Crippen molar-refractivity contribution in [3.63, 3.8) is 0 Å². The quantitative estimate of drug-likeness (QED) is 0.678. The molecule has 0 bridgehead atoms. The van der Waals surface area contributed by atoms with Gasteiger partial charge in [0, 0.05) is 25.4 Å². The van der Waals surface area contributed by atoms with Crippen molar-refractivity contribution < 1.29 is 5.11 Å². The van der Waals surface area contributed by atoms with Gasteiger partial charge in [-0.15, -0.1) is 0 Å². The molecule has 0 fully saturated rings. The standard InChI is InChI=1S/C9H14N2O2/c1-11(4-5-12)7-8-2-3-10-9(13)6-8/h2-3,6,12H,4-5,7H2,1H3,(H,10,13). The van der Waals surface area contributed by atoms with Gasteiger partial charge in [-0.2, -0.15) is 0 Å². The summed E-state index contributed by atoms with van der Waals surface area (Å²) in [6.45, 7) is 1.44. The van der Waals surface area contributed by atoms with Crippen LogP contribution in [0.1, 0.15) is 5.56 Å². The Morgan fingerprint density at radius 2 is 2.38 bits per heavy atom. The molecule has 0 amide bonds. The van der Waals surface area contributed by atoms with E-state index in [1.165, 1.54) is 0 Å². The number of aliphatic hydroxyl groups is 1. The maximum absolute atomic E-state index is 10.9. The van der Waals surface area contributed by atoms with Crippen LogP contribution < -0.4 is 5.56 Å². The molecule has 1 aromatic rings. The fourth-order valence-corrected chi connectivity index (χ4v) is 1.15. The number of aliphatic hydroxyl groups excluding tert-OH is 1. The van der Waals surface area contributed by atoms with Gasteiger partial charge in [-0.1, -0.05) is 0 Å². The van der Waals surface area contributed by atoms with Crippen LogP contribution in [0, 0.1) is 0 Å². The van der Waals surface area contributed by atoms with Crippen LogP contribution in [-0.4, -0.2) is 35.2 Å². The third-order valence-corrected chi connectivity index (χ3v) is 1.77. The second kappa shape index (κ2) is 4.79. The molecule has 4 heteroatoms. The summed E-state index contributed by atoms with van der Waals surface area (Å²) in [5, 5.41) is 8.66. The molecule has 0 saturated heterocycles. The fraction of sp³-hybridized carbons (Fsp3) is 0.444. The minimum Gasteiger partial charge on any atom is -0.395 e. The lowest BCUT2D eigenvalue weighted by atomic mass is 10.2. The van der Waals surface area contributed by atoms with Crippen molar-refractivity contribution >= 4 is 0 Å². The van der Waals surface area contributed by atoms with Crippen molar-refractivity contribution in [3.05, 3.63) is 34.2 Å². The first-order valence-corrected chi connectivity index (χ1v) is 4.19. The zero-order valence-electron chi connectivity index (χ0n) is 7.66. The maximum Gasteiger partial charge on any atom is 0.248 e. The van der Waals surface area contributed by atoms with Gasteiger partial charge in [0.1, 0.15) is 0 Å². The van der Waals surface area contributed by atoms with E-state index in [1.807, 2.05) is 18.0 Å². The van der Waals surface area contributed by atoms with E-state index in [9.17, 15) is 4.79 Å². The van der Waals surface area contributed by atoms with Crippen LogP contribution in [0.25, 0.3) is 0 Å². The molecule has 0 saturated carbocycles. The normalized spacial score (nSPS) is 10.7. The molecule has 0 spiro atoms. The molecule has 4 nitrogen and oxygen atoms in total. The van der Waals surface area contributed by atoms with E-state index in [0.29, 0.717) is 13.1 Å². The Bertz CT molecular complexity index is 308. The molecule has 0 aliphatic heterocycles. The number of likely N-dealkylation sites (N-methyl/N-ethyl adjacent to an activating group) is 1. The molecule has 0 atom stereocenters. The van der Waals surface area contributed by atoms with Gasteiger partial charge < -0.3 is 10.1 Å². The number of pyridine rings is 1. The summed E-state index contributed by atoms with van der Waals surface area (Å²) in [6.07, 6.45) is 1.63. The maximum atomic E-state index is 10.9. The van der Waals surface area contributed by atoms with Crippen LogP contribution >= 0.6 is 0 Å². The van der Waals surface area contributed by atoms with Crippen molar-refractivity contribution in [2.75, 3.05) is 20.2 Å². The van der Waals surface area contributed by atoms with Crippen molar-refractivity contribution in [1.82, 2.24) is 9.88 Å². The number of aromatic amines is 1. The topological polar surface area (TPSA) is 56.3 Å². The molecular weight excluding hydrogens is 168 g/mol. The highest BCUT2D eigenvalue weighted by molar-refractivity contribution is 5.09. The van der Waals surface area contributed by atoms with E-state index in [2.05, 4.69) is 4.98 Å². The average Bonchev–Trinajstić information content (AvgIpc) is 2.04. The van der Waals surface area contributed by atoms with Gasteiger partial charge in [0.05, 0.1) is 6.61 Å². The number of rotatable bonds is 4. The summed E-state index contributed by atoms with van der Waals surface area (Å²) < 4.78 is 0. The Labute approximate surface area is 76.8 Å². The SMILES string of the molecule is CN(CCO)Cc1cc[nH]c(=O)c1. The highest BCUT2D eigenvalue weighted by Gasteiger charge is 1.98. The molecule has 0 aliphatic rings. The molecule has 72 valence electrons. The molecule has 0 aliphatic carbocycles. The molecule has 1 aromatic heterocycles. The van der Waals surface area contributed by atoms with E-state index in [0.717, 1.165) is 5.56 Å². The molecule has 1 rings (SSSR count). The van der Waals surface area contributed by atoms with Crippen molar-refractivity contribution in [3.8, 4) is 0 Å². The number of H-pyrrole nitrogens is 1. The van der Waals surface area contributed by atoms with Gasteiger partial charge in [-0.25, -0.2) is 0 Å². The summed E-state index contributed by atoms with van der Waals surface area (Å²) in [7, 11) is 1.90. The third kappa shape index (κ3) is 3.40. The second-order valence-corrected chi connectivity index (χ2v) is 3.02. The number of hydrogen-bond acceptors (Lipinski definition) is 3. The smallest absolute Gasteiger partial charge is 0.248 e. The minimum absolute atomic E-state index is 0.0881. The van der Waals surface area contributed by atoms with E-state index in [4.69, 9.17) is 5.11 Å². The number of nitrogens with zero attached hydrogens (tertiary/aromatic N) is 1. The van der Waals surface area contributed by atoms with Crippen molar-refractivity contribution in [2.24, 2.45) is 0 Å². The predicted octanol–water partition coefficient (Wildman–Crippen LogP) is -0.201. The summed E-state index contributed by atoms with van der Waals surface area (Å²) in [6, 6.07) is 3.42. The van der Waals surface area contributed by atoms with Crippen molar-refractivity contribution in [1.29, 1.82) is 0 Å². The Morgan fingerprint density at radius 1 is 1.62 bits per heavy atom. The monoisotopic (exact) mass is 182 g/mol. The number of nitrogens with one attached hydrogen (secondary N) is 1. The van der Waals surface area contributed by atoms with Gasteiger partial charge >= 0.3 is 0 Å². The fourth-order valence-electron chi connectivity index (χ4n) is 1.15. The zero-order chi connectivity index (χ0) is 9.68. The number of hydrogen-bond donors (Lipinski definition) is 2. The predicted molar refractivity (Wildman–Crippen MR) is 50.5 cm³/mol. The minimum atomic E-state index is -0.0881. The molecule has 0 aromatic carbocycles. The first-order valence-electron chi connectivity index (χ1n) is 4.19. The Hall–Kier alpha value is -1.13. The van der Waals surface area contributed by atoms with Gasteiger partial charge in [0.2, 0.25) is 5.56 Å². The summed E-state index contributed by atoms with van der Waals surface area (Å²) in [4.78, 5) is 15.4. The van der Waals surface area contributed by atoms with Gasteiger partial charge in [0.25, 0.3) is 0 Å². The van der Waals surface area contributed by atoms with E-state index >= 15 is 0 Å². The number of aromatic nitrogens is 1. The van der Waals surface area contributed by atoms with E-state index in [1.54, 1.807) is 12.3 Å². The van der Waals surface area contributed by atoms with Gasteiger partial charge in [0.15, 0.2) is 0 Å². The highest BCUT2D eigenvalue weighted by atomic mass is 16.3. The van der Waals surface area contributed by atoms with E-state index in [-0.39, 0.29) is 12.2 Å². The van der Waals surface area contributed by atoms with Crippen LogP contribution in [-0.2, 0) is 6.54 Å². The van der Waals surface area contributed by atoms with Crippen LogP contribution in [0.15, 0.2) is 23.1 Å². The molecule has 0 radical (unpaired) electrons. The van der Waals surface area contributed by atoms with Crippen molar-refractivity contribution in [2.45, 2.75) is 6.54 Å².